The van der Waals surface area contributed by atoms with Crippen LogP contribution in [0.3, 0.4) is 0 Å². The smallest absolute Gasteiger partial charge is 0.268 e. The lowest BCUT2D eigenvalue weighted by molar-refractivity contribution is -0.132. The topological polar surface area (TPSA) is 84.1 Å². The standard InChI is InChI=1S/C23H23N3O4/c1-15(20-13-17-9-6-10-19(29-2)22(17)30-20)24-23(28)18-11-12-21(27)26(25-18)14-16-7-4-3-5-8-16/h3-10,13,15H,11-12,14H2,1-2H3,(H,24,28). The molecule has 154 valence electrons. The number of carbonyl (C=O) groups excluding carboxylic acids is 2. The van der Waals surface area contributed by atoms with Gasteiger partial charge in [0.2, 0.25) is 5.91 Å². The van der Waals surface area contributed by atoms with Crippen molar-refractivity contribution in [3.8, 4) is 5.75 Å². The van der Waals surface area contributed by atoms with E-state index in [1.807, 2.05) is 61.5 Å². The zero-order valence-electron chi connectivity index (χ0n) is 16.9. The zero-order valence-corrected chi connectivity index (χ0v) is 16.9. The van der Waals surface area contributed by atoms with Gasteiger partial charge in [-0.3, -0.25) is 9.59 Å². The van der Waals surface area contributed by atoms with Crippen LogP contribution in [0.2, 0.25) is 0 Å². The van der Waals surface area contributed by atoms with E-state index in [-0.39, 0.29) is 24.3 Å². The predicted molar refractivity (Wildman–Crippen MR) is 113 cm³/mol. The number of hydrogen-bond donors (Lipinski definition) is 1. The van der Waals surface area contributed by atoms with Crippen LogP contribution < -0.4 is 10.1 Å². The summed E-state index contributed by atoms with van der Waals surface area (Å²) in [5, 5.41) is 9.50. The normalized spacial score (nSPS) is 15.1. The monoisotopic (exact) mass is 405 g/mol. The van der Waals surface area contributed by atoms with Crippen LogP contribution in [0.5, 0.6) is 5.75 Å². The van der Waals surface area contributed by atoms with Gasteiger partial charge in [-0.1, -0.05) is 42.5 Å². The summed E-state index contributed by atoms with van der Waals surface area (Å²) in [4.78, 5) is 25.0. The van der Waals surface area contributed by atoms with Gasteiger partial charge in [0.25, 0.3) is 5.91 Å². The maximum absolute atomic E-state index is 12.8. The Hall–Kier alpha value is -3.61. The molecule has 3 aromatic rings. The van der Waals surface area contributed by atoms with Crippen LogP contribution in [0.1, 0.15) is 37.1 Å². The van der Waals surface area contributed by atoms with Gasteiger partial charge in [-0.2, -0.15) is 5.10 Å². The van der Waals surface area contributed by atoms with E-state index in [2.05, 4.69) is 10.4 Å². The van der Waals surface area contributed by atoms with Crippen molar-refractivity contribution in [2.45, 2.75) is 32.4 Å². The van der Waals surface area contributed by atoms with Gasteiger partial charge in [0.1, 0.15) is 11.5 Å². The fourth-order valence-electron chi connectivity index (χ4n) is 3.43. The lowest BCUT2D eigenvalue weighted by Gasteiger charge is -2.23. The number of ether oxygens (including phenoxy) is 1. The number of nitrogens with one attached hydrogen (secondary N) is 1. The summed E-state index contributed by atoms with van der Waals surface area (Å²) < 4.78 is 11.2. The maximum atomic E-state index is 12.8. The number of fused-ring (bicyclic) bond motifs is 1. The SMILES string of the molecule is COc1cccc2cc(C(C)NC(=O)C3=NN(Cc4ccccc4)C(=O)CC3)oc12. The molecule has 1 aliphatic rings. The molecule has 0 radical (unpaired) electrons. The highest BCUT2D eigenvalue weighted by atomic mass is 16.5. The van der Waals surface area contributed by atoms with E-state index in [1.165, 1.54) is 5.01 Å². The Morgan fingerprint density at radius 2 is 2.00 bits per heavy atom. The Labute approximate surface area is 174 Å². The Kier molecular flexibility index (Phi) is 5.52. The van der Waals surface area contributed by atoms with Crippen LogP contribution in [0.15, 0.2) is 64.1 Å². The first-order valence-electron chi connectivity index (χ1n) is 9.84. The Morgan fingerprint density at radius 3 is 2.77 bits per heavy atom. The molecule has 0 fully saturated rings. The second-order valence-electron chi connectivity index (χ2n) is 7.21. The third kappa shape index (κ3) is 4.05. The molecule has 1 aliphatic heterocycles. The number of nitrogens with zero attached hydrogens (tertiary/aromatic N) is 2. The number of rotatable bonds is 6. The molecule has 0 saturated carbocycles. The van der Waals surface area contributed by atoms with Crippen molar-refractivity contribution in [2.24, 2.45) is 5.10 Å². The minimum atomic E-state index is -0.363. The highest BCUT2D eigenvalue weighted by molar-refractivity contribution is 6.39. The molecular weight excluding hydrogens is 382 g/mol. The first-order chi connectivity index (χ1) is 14.5. The first kappa shape index (κ1) is 19.7. The summed E-state index contributed by atoms with van der Waals surface area (Å²) in [6.07, 6.45) is 0.575. The van der Waals surface area contributed by atoms with Crippen molar-refractivity contribution < 1.29 is 18.7 Å². The molecule has 1 unspecified atom stereocenters. The van der Waals surface area contributed by atoms with Gasteiger partial charge < -0.3 is 14.5 Å². The minimum absolute atomic E-state index is 0.0900. The number of para-hydroxylation sites is 1. The summed E-state index contributed by atoms with van der Waals surface area (Å²) in [5.74, 6) is 0.869. The van der Waals surface area contributed by atoms with E-state index in [9.17, 15) is 9.59 Å². The Balaban J connectivity index is 1.48. The predicted octanol–water partition coefficient (Wildman–Crippen LogP) is 3.80. The molecule has 1 atom stereocenters. The Bertz CT molecular complexity index is 1100. The molecule has 30 heavy (non-hydrogen) atoms. The summed E-state index contributed by atoms with van der Waals surface area (Å²) in [5.41, 5.74) is 1.94. The molecule has 4 rings (SSSR count). The highest BCUT2D eigenvalue weighted by Gasteiger charge is 2.26. The van der Waals surface area contributed by atoms with Gasteiger partial charge in [0.15, 0.2) is 11.3 Å². The average molecular weight is 405 g/mol. The molecule has 0 saturated heterocycles. The van der Waals surface area contributed by atoms with Gasteiger partial charge in [0.05, 0.1) is 19.7 Å². The van der Waals surface area contributed by atoms with Crippen molar-refractivity contribution in [2.75, 3.05) is 7.11 Å². The highest BCUT2D eigenvalue weighted by Crippen LogP contribution is 2.30. The molecule has 0 aliphatic carbocycles. The van der Waals surface area contributed by atoms with Crippen LogP contribution >= 0.6 is 0 Å². The van der Waals surface area contributed by atoms with E-state index >= 15 is 0 Å². The molecule has 7 heteroatoms. The second-order valence-corrected chi connectivity index (χ2v) is 7.21. The van der Waals surface area contributed by atoms with Crippen LogP contribution in [0, 0.1) is 0 Å². The van der Waals surface area contributed by atoms with Crippen LogP contribution in [0.25, 0.3) is 11.0 Å². The molecule has 0 bridgehead atoms. The fourth-order valence-corrected chi connectivity index (χ4v) is 3.43. The van der Waals surface area contributed by atoms with Gasteiger partial charge in [0, 0.05) is 18.2 Å². The average Bonchev–Trinajstić information content (AvgIpc) is 3.20. The van der Waals surface area contributed by atoms with Crippen molar-refractivity contribution in [3.05, 3.63) is 65.9 Å². The van der Waals surface area contributed by atoms with E-state index in [4.69, 9.17) is 9.15 Å². The zero-order chi connectivity index (χ0) is 21.1. The summed E-state index contributed by atoms with van der Waals surface area (Å²) in [7, 11) is 1.59. The number of methoxy groups -OCH3 is 1. The third-order valence-corrected chi connectivity index (χ3v) is 5.06. The largest absolute Gasteiger partial charge is 0.493 e. The number of furan rings is 1. The van der Waals surface area contributed by atoms with Gasteiger partial charge >= 0.3 is 0 Å². The number of benzene rings is 2. The lowest BCUT2D eigenvalue weighted by Crippen LogP contribution is -2.39. The molecule has 1 aromatic heterocycles. The fraction of sp³-hybridized carbons (Fsp3) is 0.261. The van der Waals surface area contributed by atoms with Crippen molar-refractivity contribution in [3.63, 3.8) is 0 Å². The number of hydrazone groups is 1. The van der Waals surface area contributed by atoms with Crippen LogP contribution in [-0.2, 0) is 16.1 Å². The van der Waals surface area contributed by atoms with E-state index in [0.717, 1.165) is 10.9 Å². The van der Waals surface area contributed by atoms with Gasteiger partial charge in [-0.15, -0.1) is 0 Å². The molecule has 0 spiro atoms. The van der Waals surface area contributed by atoms with E-state index in [1.54, 1.807) is 7.11 Å². The first-order valence-corrected chi connectivity index (χ1v) is 9.84. The van der Waals surface area contributed by atoms with E-state index < -0.39 is 0 Å². The quantitative estimate of drug-likeness (QED) is 0.676. The molecule has 1 N–H and O–H groups in total. The minimum Gasteiger partial charge on any atom is -0.493 e. The third-order valence-electron chi connectivity index (χ3n) is 5.06. The lowest BCUT2D eigenvalue weighted by atomic mass is 10.1. The number of carbonyl (C=O) groups is 2. The molecule has 7 nitrogen and oxygen atoms in total. The van der Waals surface area contributed by atoms with Crippen molar-refractivity contribution >= 4 is 28.5 Å². The van der Waals surface area contributed by atoms with Gasteiger partial charge in [-0.05, 0) is 24.6 Å². The van der Waals surface area contributed by atoms with Crippen LogP contribution in [-0.4, -0.2) is 29.6 Å². The Morgan fingerprint density at radius 1 is 1.20 bits per heavy atom. The maximum Gasteiger partial charge on any atom is 0.268 e. The molecule has 2 aromatic carbocycles. The second kappa shape index (κ2) is 8.41. The summed E-state index contributed by atoms with van der Waals surface area (Å²) in [6, 6.07) is 16.7. The van der Waals surface area contributed by atoms with E-state index in [0.29, 0.717) is 35.8 Å². The van der Waals surface area contributed by atoms with Crippen molar-refractivity contribution in [1.29, 1.82) is 0 Å². The van der Waals surface area contributed by atoms with Crippen LogP contribution in [0.4, 0.5) is 0 Å². The summed E-state index contributed by atoms with van der Waals surface area (Å²) in [6.45, 7) is 2.19. The molecule has 2 heterocycles. The summed E-state index contributed by atoms with van der Waals surface area (Å²) >= 11 is 0. The number of amides is 2. The van der Waals surface area contributed by atoms with Gasteiger partial charge in [-0.25, -0.2) is 5.01 Å². The molecule has 2 amide bonds. The molecular formula is C23H23N3O4. The number of hydrogen-bond acceptors (Lipinski definition) is 5. The van der Waals surface area contributed by atoms with Crippen molar-refractivity contribution in [1.82, 2.24) is 10.3 Å².